The van der Waals surface area contributed by atoms with E-state index in [4.69, 9.17) is 9.84 Å². The first-order valence-corrected chi connectivity index (χ1v) is 7.54. The van der Waals surface area contributed by atoms with Gasteiger partial charge in [-0.3, -0.25) is 4.57 Å². The van der Waals surface area contributed by atoms with E-state index in [2.05, 4.69) is 17.2 Å². The minimum Gasteiger partial charge on any atom is -0.394 e. The molecule has 124 valence electrons. The van der Waals surface area contributed by atoms with Gasteiger partial charge in [0.15, 0.2) is 6.23 Å². The van der Waals surface area contributed by atoms with Crippen LogP contribution in [0.5, 0.6) is 0 Å². The van der Waals surface area contributed by atoms with Gasteiger partial charge in [0.05, 0.1) is 6.61 Å². The standard InChI is InChI=1S/C14H23N3O5/c1-2-3-4-6-15-10-5-7-17(14(21)16-10)13-12(20)11(19)9(8-18)22-13/h5,7,9,11-13,18-20H,2-4,6,8H2,1H3,(H,15,16,21)/t9-,11-,12+,13-/m1/s1. The fourth-order valence-corrected chi connectivity index (χ4v) is 2.41. The Kier molecular flexibility index (Phi) is 5.90. The van der Waals surface area contributed by atoms with Crippen molar-refractivity contribution in [3.8, 4) is 0 Å². The highest BCUT2D eigenvalue weighted by Crippen LogP contribution is 2.28. The highest BCUT2D eigenvalue weighted by molar-refractivity contribution is 5.31. The molecule has 1 aliphatic rings. The summed E-state index contributed by atoms with van der Waals surface area (Å²) < 4.78 is 6.42. The van der Waals surface area contributed by atoms with E-state index in [1.807, 2.05) is 0 Å². The molecule has 1 aromatic heterocycles. The van der Waals surface area contributed by atoms with E-state index in [0.717, 1.165) is 30.4 Å². The van der Waals surface area contributed by atoms with Gasteiger partial charge in [0.1, 0.15) is 24.1 Å². The molecule has 8 nitrogen and oxygen atoms in total. The lowest BCUT2D eigenvalue weighted by Crippen LogP contribution is -2.36. The summed E-state index contributed by atoms with van der Waals surface area (Å²) in [4.78, 5) is 15.9. The number of nitrogens with zero attached hydrogens (tertiary/aromatic N) is 2. The maximum Gasteiger partial charge on any atom is 0.351 e. The minimum atomic E-state index is -1.29. The molecule has 0 aromatic carbocycles. The number of nitrogens with one attached hydrogen (secondary N) is 1. The molecule has 4 atom stereocenters. The Bertz CT molecular complexity index is 535. The van der Waals surface area contributed by atoms with E-state index in [1.54, 1.807) is 6.07 Å². The number of ether oxygens (including phenoxy) is 1. The first-order chi connectivity index (χ1) is 10.6. The van der Waals surface area contributed by atoms with Gasteiger partial charge >= 0.3 is 5.69 Å². The Balaban J connectivity index is 2.05. The van der Waals surface area contributed by atoms with Crippen molar-refractivity contribution in [1.82, 2.24) is 9.55 Å². The Morgan fingerprint density at radius 1 is 1.36 bits per heavy atom. The molecule has 1 fully saturated rings. The van der Waals surface area contributed by atoms with Gasteiger partial charge in [-0.2, -0.15) is 4.98 Å². The largest absolute Gasteiger partial charge is 0.394 e. The molecule has 2 rings (SSSR count). The maximum atomic E-state index is 12.0. The molecule has 0 unspecified atom stereocenters. The van der Waals surface area contributed by atoms with Crippen LogP contribution in [0.3, 0.4) is 0 Å². The van der Waals surface area contributed by atoms with Crippen LogP contribution >= 0.6 is 0 Å². The van der Waals surface area contributed by atoms with Crippen molar-refractivity contribution >= 4 is 5.82 Å². The number of unbranched alkanes of at least 4 members (excludes halogenated alkanes) is 2. The normalized spacial score (nSPS) is 28.0. The summed E-state index contributed by atoms with van der Waals surface area (Å²) in [5.74, 6) is 0.462. The number of aliphatic hydroxyl groups excluding tert-OH is 3. The Morgan fingerprint density at radius 2 is 2.14 bits per heavy atom. The number of aliphatic hydroxyl groups is 3. The Hall–Kier alpha value is -1.48. The van der Waals surface area contributed by atoms with Gasteiger partial charge in [-0.25, -0.2) is 4.79 Å². The number of aromatic nitrogens is 2. The molecule has 1 saturated heterocycles. The van der Waals surface area contributed by atoms with Crippen LogP contribution in [0.2, 0.25) is 0 Å². The Morgan fingerprint density at radius 3 is 2.73 bits per heavy atom. The molecule has 0 aliphatic carbocycles. The average molecular weight is 313 g/mol. The molecular formula is C14H23N3O5. The Labute approximate surface area is 128 Å². The van der Waals surface area contributed by atoms with Crippen LogP contribution in [0.15, 0.2) is 17.1 Å². The van der Waals surface area contributed by atoms with Crippen molar-refractivity contribution in [1.29, 1.82) is 0 Å². The first kappa shape index (κ1) is 16.9. The summed E-state index contributed by atoms with van der Waals surface area (Å²) in [6.45, 7) is 2.41. The van der Waals surface area contributed by atoms with Crippen molar-refractivity contribution in [2.45, 2.75) is 50.7 Å². The lowest BCUT2D eigenvalue weighted by Gasteiger charge is -2.17. The highest BCUT2D eigenvalue weighted by atomic mass is 16.6. The second kappa shape index (κ2) is 7.68. The summed E-state index contributed by atoms with van der Waals surface area (Å²) in [5.41, 5.74) is -0.588. The van der Waals surface area contributed by atoms with Crippen LogP contribution in [0.4, 0.5) is 5.82 Å². The van der Waals surface area contributed by atoms with Crippen LogP contribution in [-0.2, 0) is 4.74 Å². The van der Waals surface area contributed by atoms with E-state index in [0.29, 0.717) is 5.82 Å². The van der Waals surface area contributed by atoms with E-state index >= 15 is 0 Å². The SMILES string of the molecule is CCCCCNc1ccn([C@@H]2O[C@H](CO)[C@@H](O)[C@@H]2O)c(=O)n1. The molecule has 0 radical (unpaired) electrons. The monoisotopic (exact) mass is 313 g/mol. The summed E-state index contributed by atoms with van der Waals surface area (Å²) in [6, 6.07) is 1.61. The molecule has 22 heavy (non-hydrogen) atoms. The number of hydrogen-bond acceptors (Lipinski definition) is 7. The molecule has 2 heterocycles. The molecule has 4 N–H and O–H groups in total. The van der Waals surface area contributed by atoms with Crippen molar-refractivity contribution < 1.29 is 20.1 Å². The number of anilines is 1. The third kappa shape index (κ3) is 3.64. The zero-order valence-corrected chi connectivity index (χ0v) is 12.6. The molecule has 1 aromatic rings. The quantitative estimate of drug-likeness (QED) is 0.499. The summed E-state index contributed by atoms with van der Waals surface area (Å²) in [6.07, 6.45) is 0.163. The smallest absolute Gasteiger partial charge is 0.351 e. The van der Waals surface area contributed by atoms with Crippen LogP contribution < -0.4 is 11.0 Å². The van der Waals surface area contributed by atoms with Crippen molar-refractivity contribution in [3.05, 3.63) is 22.7 Å². The van der Waals surface area contributed by atoms with E-state index in [-0.39, 0.29) is 0 Å². The zero-order valence-electron chi connectivity index (χ0n) is 12.6. The minimum absolute atomic E-state index is 0.437. The first-order valence-electron chi connectivity index (χ1n) is 7.54. The summed E-state index contributed by atoms with van der Waals surface area (Å²) in [5, 5.41) is 31.8. The van der Waals surface area contributed by atoms with Crippen LogP contribution in [-0.4, -0.2) is 56.3 Å². The average Bonchev–Trinajstić information content (AvgIpc) is 2.80. The third-order valence-electron chi connectivity index (χ3n) is 3.71. The van der Waals surface area contributed by atoms with Gasteiger partial charge in [-0.15, -0.1) is 0 Å². The summed E-state index contributed by atoms with van der Waals surface area (Å²) >= 11 is 0. The van der Waals surface area contributed by atoms with Crippen molar-refractivity contribution in [3.63, 3.8) is 0 Å². The van der Waals surface area contributed by atoms with Crippen LogP contribution in [0.1, 0.15) is 32.4 Å². The van der Waals surface area contributed by atoms with E-state index in [9.17, 15) is 15.0 Å². The fraction of sp³-hybridized carbons (Fsp3) is 0.714. The van der Waals surface area contributed by atoms with E-state index < -0.39 is 36.8 Å². The lowest BCUT2D eigenvalue weighted by molar-refractivity contribution is -0.0549. The highest BCUT2D eigenvalue weighted by Gasteiger charge is 2.43. The van der Waals surface area contributed by atoms with Gasteiger partial charge in [0, 0.05) is 12.7 Å². The van der Waals surface area contributed by atoms with Gasteiger partial charge in [0.2, 0.25) is 0 Å². The van der Waals surface area contributed by atoms with E-state index in [1.165, 1.54) is 6.20 Å². The number of rotatable bonds is 7. The molecular weight excluding hydrogens is 290 g/mol. The molecule has 0 spiro atoms. The summed E-state index contributed by atoms with van der Waals surface area (Å²) in [7, 11) is 0. The fourth-order valence-electron chi connectivity index (χ4n) is 2.41. The maximum absolute atomic E-state index is 12.0. The molecule has 0 bridgehead atoms. The van der Waals surface area contributed by atoms with Crippen LogP contribution in [0, 0.1) is 0 Å². The van der Waals surface area contributed by atoms with Crippen molar-refractivity contribution in [2.24, 2.45) is 0 Å². The molecule has 0 amide bonds. The predicted molar refractivity (Wildman–Crippen MR) is 79.5 cm³/mol. The molecule has 1 aliphatic heterocycles. The topological polar surface area (TPSA) is 117 Å². The van der Waals surface area contributed by atoms with Crippen molar-refractivity contribution in [2.75, 3.05) is 18.5 Å². The lowest BCUT2D eigenvalue weighted by atomic mass is 10.1. The number of hydrogen-bond donors (Lipinski definition) is 4. The van der Waals surface area contributed by atoms with Gasteiger partial charge in [0.25, 0.3) is 0 Å². The molecule has 8 heteroatoms. The third-order valence-corrected chi connectivity index (χ3v) is 3.71. The van der Waals surface area contributed by atoms with Gasteiger partial charge in [-0.1, -0.05) is 19.8 Å². The molecule has 0 saturated carbocycles. The second-order valence-electron chi connectivity index (χ2n) is 5.37. The van der Waals surface area contributed by atoms with Gasteiger partial charge in [-0.05, 0) is 12.5 Å². The zero-order chi connectivity index (χ0) is 16.1. The second-order valence-corrected chi connectivity index (χ2v) is 5.37. The predicted octanol–water partition coefficient (Wildman–Crippen LogP) is -0.543. The van der Waals surface area contributed by atoms with Crippen LogP contribution in [0.25, 0.3) is 0 Å². The van der Waals surface area contributed by atoms with Gasteiger partial charge < -0.3 is 25.4 Å².